The van der Waals surface area contributed by atoms with Crippen molar-refractivity contribution in [3.8, 4) is 50.6 Å². The van der Waals surface area contributed by atoms with E-state index >= 15 is 0 Å². The van der Waals surface area contributed by atoms with E-state index < -0.39 is 65.0 Å². The first-order valence-corrected chi connectivity index (χ1v) is 46.1. The summed E-state index contributed by atoms with van der Waals surface area (Å²) in [4.78, 5) is 160. The number of carbonyl (C=O) groups excluding carboxylic acids is 9. The molecule has 1 amide bonds. The molecule has 730 valence electrons. The number of halogens is 6. The van der Waals surface area contributed by atoms with Crippen LogP contribution in [0.3, 0.4) is 0 Å². The average molecular weight is 2190 g/mol. The first-order chi connectivity index (χ1) is 67.3. The summed E-state index contributed by atoms with van der Waals surface area (Å²) in [6.07, 6.45) is -0.947. The Morgan fingerprint density at radius 3 is 0.915 bits per heavy atom. The number of amides is 1. The van der Waals surface area contributed by atoms with Crippen molar-refractivity contribution in [2.75, 3.05) is 42.7 Å². The van der Waals surface area contributed by atoms with Crippen molar-refractivity contribution in [2.24, 2.45) is 17.5 Å². The van der Waals surface area contributed by atoms with Crippen LogP contribution in [-0.2, 0) is 53.0 Å². The van der Waals surface area contributed by atoms with Crippen LogP contribution in [-0.4, -0.2) is 120 Å². The summed E-state index contributed by atoms with van der Waals surface area (Å²) in [6, 6.07) is 86.7. The summed E-state index contributed by atoms with van der Waals surface area (Å²) < 4.78 is 36.6. The molecule has 0 spiro atoms. The van der Waals surface area contributed by atoms with Crippen molar-refractivity contribution in [3.05, 3.63) is 401 Å². The van der Waals surface area contributed by atoms with Crippen molar-refractivity contribution >= 4 is 174 Å². The molecule has 0 saturated carbocycles. The number of carboxylic acid groups (broad SMARTS) is 1. The number of hydrogen-bond acceptors (Lipinski definition) is 22. The smallest absolute Gasteiger partial charge is 1.00 e. The number of carbonyl (C=O) groups is 10. The standard InChI is InChI=1S/2C32H23BrClNO4.C25H20ClNO4.C8H7BrO.C5H10N2O3.C5H8O4.CH4.H4N2.Na.H/c2*1-39-25-14-7-20(8-15-25)19-35-27-16-13-24(34)17-26(27)30(22-5-3-2-4-6-22)31(32(35)38)29(37)18-28(36)21-9-11-23(33)12-10-21;1-30-19-11-8-16(9-12-19)15-27-21-13-10-18(26)14-20(21)22(17-6-4-3-5-7-17)23(24(27)28)25(29)31-2;1-6(10)7-2-4-8(9)5-3-7;1-10-5(9)3-2-4(8)7-6;1-9-5(8)3-2-4(6)7;;1-2;;/h2*2-17H,18-19H2,1H3;3-14H,15H2,1-2H3;2-5H,1H3;2-3,6H2,1H3,(H,7,8);2-3H2,1H3,(H,6,7);1H4;1-2H2;;/q;;;;;;;;+1;-1. The summed E-state index contributed by atoms with van der Waals surface area (Å²) in [5.41, 5.74) is 10.1. The van der Waals surface area contributed by atoms with Gasteiger partial charge in [-0.1, -0.05) is 254 Å². The van der Waals surface area contributed by atoms with Gasteiger partial charge in [0.05, 0.1) is 122 Å². The summed E-state index contributed by atoms with van der Waals surface area (Å²) in [7, 11) is 8.54. The molecule has 0 unspecified atom stereocenters. The number of fused-ring (bicyclic) bond motifs is 3. The third-order valence-electron chi connectivity index (χ3n) is 21.3. The van der Waals surface area contributed by atoms with E-state index in [1.54, 1.807) is 157 Å². The van der Waals surface area contributed by atoms with Gasteiger partial charge in [-0.3, -0.25) is 74.6 Å². The number of benzene rings is 12. The van der Waals surface area contributed by atoms with Gasteiger partial charge in [-0.05, 0) is 168 Å². The molecule has 0 atom stereocenters. The average Bonchev–Trinajstić information content (AvgIpc) is 0.750. The van der Waals surface area contributed by atoms with Crippen LogP contribution in [0, 0.1) is 0 Å². The molecular formula is C108H100Br3Cl3N7NaO20. The first-order valence-electron chi connectivity index (χ1n) is 42.6. The molecule has 0 fully saturated rings. The Morgan fingerprint density at radius 1 is 0.366 bits per heavy atom. The monoisotopic (exact) mass is 2180 g/mol. The summed E-state index contributed by atoms with van der Waals surface area (Å²) in [5.74, 6) is 10.2. The predicted molar refractivity (Wildman–Crippen MR) is 561 cm³/mol. The number of methoxy groups -OCH3 is 6. The molecule has 12 aromatic carbocycles. The SMILES string of the molecule is C.CC(=O)c1ccc(Br)cc1.COC(=O)CCC(=O)NN.COC(=O)CCC(=O)O.COC(=O)c1c(-c2ccccc2)c2cc(Cl)ccc2n(Cc2ccc(OC)cc2)c1=O.COc1ccc(Cn2c(=O)c(C(=O)CC(=O)c3ccc(Br)cc3)c(-c3ccccc3)c3cc(Cl)ccc32)cc1.COc1ccc(Cn2c(=O)c(C(=O)CC(=O)c3ccc(Br)cc3)c(-c3ccccc3)c3cc(Cl)ccc32)cc1.NN.[H-].[Na+]. The van der Waals surface area contributed by atoms with E-state index in [-0.39, 0.29) is 124 Å². The van der Waals surface area contributed by atoms with Crippen LogP contribution in [0.25, 0.3) is 66.1 Å². The fourth-order valence-electron chi connectivity index (χ4n) is 14.4. The Morgan fingerprint density at radius 2 is 0.648 bits per heavy atom. The number of nitrogens with one attached hydrogen (secondary N) is 1. The number of rotatable bonds is 28. The zero-order chi connectivity index (χ0) is 102. The number of pyridine rings is 3. The van der Waals surface area contributed by atoms with Crippen LogP contribution in [0.4, 0.5) is 0 Å². The van der Waals surface area contributed by atoms with E-state index in [1.165, 1.54) is 21.3 Å². The van der Waals surface area contributed by atoms with Gasteiger partial charge in [0.25, 0.3) is 16.7 Å². The molecule has 142 heavy (non-hydrogen) atoms. The molecule has 0 aliphatic carbocycles. The second-order valence-corrected chi connectivity index (χ2v) is 34.3. The molecule has 15 rings (SSSR count). The van der Waals surface area contributed by atoms with Gasteiger partial charge in [-0.15, -0.1) is 0 Å². The third kappa shape index (κ3) is 32.0. The Bertz CT molecular complexity index is 6880. The molecule has 15 aromatic rings. The summed E-state index contributed by atoms with van der Waals surface area (Å²) in [6.45, 7) is 2.27. The molecule has 3 aromatic heterocycles. The van der Waals surface area contributed by atoms with Gasteiger partial charge in [0, 0.05) is 84.4 Å². The minimum atomic E-state index is -0.986. The van der Waals surface area contributed by atoms with Gasteiger partial charge in [0.15, 0.2) is 28.9 Å². The molecule has 0 saturated heterocycles. The Labute approximate surface area is 882 Å². The van der Waals surface area contributed by atoms with E-state index in [0.29, 0.717) is 98.2 Å². The minimum Gasteiger partial charge on any atom is -1.00 e. The fourth-order valence-corrected chi connectivity index (χ4v) is 15.7. The number of aliphatic carboxylic acids is 1. The Hall–Kier alpha value is -13.4. The van der Waals surface area contributed by atoms with E-state index in [1.807, 2.05) is 181 Å². The Kier molecular flexibility index (Phi) is 46.8. The van der Waals surface area contributed by atoms with Gasteiger partial charge in [0.1, 0.15) is 22.8 Å². The zero-order valence-electron chi connectivity index (χ0n) is 78.6. The maximum Gasteiger partial charge on any atom is 1.00 e. The predicted octanol–water partition coefficient (Wildman–Crippen LogP) is 18.5. The number of hydrogen-bond donors (Lipinski definition) is 5. The number of ketones is 5. The number of nitrogens with two attached hydrogens (primary N) is 3. The van der Waals surface area contributed by atoms with Gasteiger partial charge >= 0.3 is 53.4 Å². The van der Waals surface area contributed by atoms with Crippen molar-refractivity contribution in [3.63, 3.8) is 0 Å². The minimum absolute atomic E-state index is 0. The zero-order valence-corrected chi connectivity index (χ0v) is 86.6. The fraction of sp³-hybridized carbons (Fsp3) is 0.157. The second kappa shape index (κ2) is 57.5. The number of ether oxygens (including phenoxy) is 6. The number of Topliss-reactive ketones (excluding diaryl/α,β-unsaturated/α-hetero) is 5. The molecule has 34 heteroatoms. The van der Waals surface area contributed by atoms with Crippen LogP contribution in [0.5, 0.6) is 17.2 Å². The van der Waals surface area contributed by atoms with Crippen LogP contribution in [0.15, 0.2) is 319 Å². The molecule has 0 aliphatic rings. The van der Waals surface area contributed by atoms with E-state index in [2.05, 4.69) is 68.9 Å². The van der Waals surface area contributed by atoms with Gasteiger partial charge in [-0.2, -0.15) is 0 Å². The van der Waals surface area contributed by atoms with E-state index in [0.717, 1.165) is 47.0 Å². The van der Waals surface area contributed by atoms with Crippen LogP contribution in [0.2, 0.25) is 15.1 Å². The van der Waals surface area contributed by atoms with Crippen molar-refractivity contribution < 1.29 is 112 Å². The largest absolute Gasteiger partial charge is 1.00 e. The normalized spacial score (nSPS) is 10.2. The van der Waals surface area contributed by atoms with Crippen LogP contribution in [0.1, 0.15) is 133 Å². The Balaban J connectivity index is 0.000000283. The molecule has 0 radical (unpaired) electrons. The van der Waals surface area contributed by atoms with E-state index in [9.17, 15) is 62.3 Å². The van der Waals surface area contributed by atoms with Gasteiger partial charge < -0.3 is 48.7 Å². The number of carboxylic acids is 1. The van der Waals surface area contributed by atoms with Gasteiger partial charge in [-0.25, -0.2) is 10.6 Å². The topological polar surface area (TPSA) is 402 Å². The van der Waals surface area contributed by atoms with Crippen LogP contribution < -0.4 is 83.4 Å². The molecule has 3 heterocycles. The van der Waals surface area contributed by atoms with Crippen molar-refractivity contribution in [1.29, 1.82) is 0 Å². The second-order valence-electron chi connectivity index (χ2n) is 30.3. The molecule has 0 aliphatic heterocycles. The van der Waals surface area contributed by atoms with Crippen molar-refractivity contribution in [1.82, 2.24) is 19.1 Å². The summed E-state index contributed by atoms with van der Waals surface area (Å²) >= 11 is 29.2. The number of nitrogens with zero attached hydrogens (tertiary/aromatic N) is 3. The number of hydrazine groups is 2. The molecular weight excluding hydrogens is 2080 g/mol. The van der Waals surface area contributed by atoms with Crippen LogP contribution >= 0.6 is 82.6 Å². The third-order valence-corrected chi connectivity index (χ3v) is 23.5. The summed E-state index contributed by atoms with van der Waals surface area (Å²) in [5, 5.41) is 11.5. The molecule has 0 bridgehead atoms. The first kappa shape index (κ1) is 116. The maximum atomic E-state index is 14.2. The van der Waals surface area contributed by atoms with E-state index in [4.69, 9.17) is 64.7 Å². The maximum absolute atomic E-state index is 14.2. The van der Waals surface area contributed by atoms with Crippen molar-refractivity contribution in [2.45, 2.75) is 72.5 Å². The quantitative estimate of drug-likeness (QED) is 0.00444. The number of aromatic nitrogens is 3. The van der Waals surface area contributed by atoms with Gasteiger partial charge in [0.2, 0.25) is 5.91 Å². The molecule has 8 N–H and O–H groups in total. The number of esters is 3. The molecule has 27 nitrogen and oxygen atoms in total.